The molecule has 0 aliphatic rings. The number of hydrogen-bond donors (Lipinski definition) is 10. The van der Waals surface area contributed by atoms with E-state index in [1.807, 2.05) is 237 Å². The summed E-state index contributed by atoms with van der Waals surface area (Å²) in [6.45, 7) is 0.579. The number of primary amides is 1. The zero-order chi connectivity index (χ0) is 86.4. The first-order valence-corrected chi connectivity index (χ1v) is 38.9. The van der Waals surface area contributed by atoms with E-state index in [2.05, 4.69) is 42.0 Å². The number of pyridine rings is 6. The van der Waals surface area contributed by atoms with Gasteiger partial charge in [-0.15, -0.1) is 0 Å². The number of hydrogen-bond acceptors (Lipinski definition) is 23. The van der Waals surface area contributed by atoms with Crippen molar-refractivity contribution in [1.82, 2.24) is 29.9 Å². The van der Waals surface area contributed by atoms with Gasteiger partial charge in [0.05, 0.1) is 84.3 Å². The second kappa shape index (κ2) is 42.3. The zero-order valence-electron chi connectivity index (χ0n) is 67.0. The number of aliphatic hydroxyl groups is 1. The third kappa shape index (κ3) is 25.5. The molecule has 17 aromatic rings. The maximum absolute atomic E-state index is 11.0. The largest absolute Gasteiger partial charge is 0.457 e. The smallest absolute Gasteiger partial charge is 0.221 e. The average molecular weight is 1640 g/mol. The molecule has 0 saturated heterocycles. The van der Waals surface area contributed by atoms with E-state index in [4.69, 9.17) is 84.8 Å². The Kier molecular flexibility index (Phi) is 29.0. The first-order valence-electron chi connectivity index (χ1n) is 38.9. The van der Waals surface area contributed by atoms with Crippen molar-refractivity contribution in [3.05, 3.63) is 394 Å². The lowest BCUT2D eigenvalue weighted by Gasteiger charge is -2.14. The number of carbonyl (C=O) groups is 1. The van der Waals surface area contributed by atoms with E-state index >= 15 is 0 Å². The average Bonchev–Trinajstić information content (AvgIpc) is 0.824. The maximum atomic E-state index is 11.0. The molecular weight excluding hydrogens is 1560 g/mol. The molecule has 0 atom stereocenters. The summed E-state index contributed by atoms with van der Waals surface area (Å²) in [5, 5.41) is 9.20. The maximum Gasteiger partial charge on any atom is 0.221 e. The first-order chi connectivity index (χ1) is 60.4. The van der Waals surface area contributed by atoms with Crippen LogP contribution >= 0.6 is 0 Å². The summed E-state index contributed by atoms with van der Waals surface area (Å²) < 4.78 is 40.9. The molecule has 17 rings (SSSR count). The predicted octanol–water partition coefficient (Wildman–Crippen LogP) is 20.7. The molecule has 0 fully saturated rings. The summed E-state index contributed by atoms with van der Waals surface area (Å²) in [7, 11) is 0. The molecule has 24 nitrogen and oxygen atoms in total. The van der Waals surface area contributed by atoms with E-state index in [9.17, 15) is 9.90 Å². The van der Waals surface area contributed by atoms with E-state index in [1.165, 1.54) is 0 Å². The highest BCUT2D eigenvalue weighted by Gasteiger charge is 2.15. The van der Waals surface area contributed by atoms with Gasteiger partial charge in [-0.2, -0.15) is 0 Å². The highest BCUT2D eigenvalue weighted by atomic mass is 16.5. The highest BCUT2D eigenvalue weighted by molar-refractivity contribution is 5.78. The summed E-state index contributed by atoms with van der Waals surface area (Å²) in [4.78, 5) is 35.9. The monoisotopic (exact) mass is 1640 g/mol. The van der Waals surface area contributed by atoms with Crippen LogP contribution in [0.3, 0.4) is 0 Å². The molecule has 6 aromatic heterocycles. The van der Waals surface area contributed by atoms with Crippen LogP contribution in [0.25, 0.3) is 55.6 Å². The number of nitrogen functional groups attached to an aromatic ring is 7. The van der Waals surface area contributed by atoms with Gasteiger partial charge in [-0.25, -0.2) is 29.9 Å². The first kappa shape index (κ1) is 84.8. The van der Waals surface area contributed by atoms with Gasteiger partial charge in [0.2, 0.25) is 41.2 Å². The molecule has 11 aromatic carbocycles. The summed E-state index contributed by atoms with van der Waals surface area (Å²) in [5.74, 6) is 7.80. The number of benzene rings is 11. The third-order valence-corrected chi connectivity index (χ3v) is 18.2. The number of nitrogens with zero attached hydrogens (tertiary/aromatic N) is 6. The number of rotatable bonds is 23. The van der Waals surface area contributed by atoms with Crippen molar-refractivity contribution in [3.8, 4) is 137 Å². The molecule has 1 amide bonds. The topological polar surface area (TPSA) is 413 Å². The second-order valence-corrected chi connectivity index (χ2v) is 27.6. The molecule has 24 heteroatoms. The quantitative estimate of drug-likeness (QED) is 0.0266. The van der Waals surface area contributed by atoms with Crippen molar-refractivity contribution in [2.75, 3.05) is 40.1 Å². The van der Waals surface area contributed by atoms with Gasteiger partial charge in [0, 0.05) is 71.9 Å². The molecule has 0 radical (unpaired) electrons. The molecule has 0 saturated carbocycles. The molecule has 0 spiro atoms. The molecule has 0 unspecified atom stereocenters. The van der Waals surface area contributed by atoms with E-state index < -0.39 is 0 Å². The number of aliphatic hydroxyl groups excluding tert-OH is 1. The van der Waals surface area contributed by atoms with Crippen molar-refractivity contribution >= 4 is 45.7 Å². The Bertz CT molecular complexity index is 5950. The summed E-state index contributed by atoms with van der Waals surface area (Å²) in [6.07, 6.45) is 9.57. The van der Waals surface area contributed by atoms with E-state index in [0.717, 1.165) is 78.1 Å². The van der Waals surface area contributed by atoms with Crippen molar-refractivity contribution < 1.29 is 43.1 Å². The van der Waals surface area contributed by atoms with Gasteiger partial charge in [-0.05, 0) is 195 Å². The lowest BCUT2D eigenvalue weighted by Crippen LogP contribution is -2.13. The van der Waals surface area contributed by atoms with Gasteiger partial charge >= 0.3 is 0 Å². The van der Waals surface area contributed by atoms with Gasteiger partial charge in [-0.3, -0.25) is 4.79 Å². The fraction of sp³-hybridized carbons (Fsp3) is 0.0300. The van der Waals surface area contributed by atoms with E-state index in [1.54, 1.807) is 128 Å². The molecule has 0 bridgehead atoms. The summed E-state index contributed by atoms with van der Waals surface area (Å²) in [5.41, 5.74) is 68.0. The van der Waals surface area contributed by atoms with Crippen LogP contribution in [-0.4, -0.2) is 40.9 Å². The number of anilines is 7. The van der Waals surface area contributed by atoms with Crippen LogP contribution in [0.1, 0.15) is 16.7 Å². The van der Waals surface area contributed by atoms with Crippen LogP contribution in [0.15, 0.2) is 377 Å². The number of aromatic nitrogens is 6. The molecule has 6 heterocycles. The van der Waals surface area contributed by atoms with Crippen LogP contribution in [0.4, 0.5) is 39.8 Å². The van der Waals surface area contributed by atoms with Gasteiger partial charge in [0.25, 0.3) is 0 Å². The van der Waals surface area contributed by atoms with Crippen molar-refractivity contribution in [1.29, 1.82) is 0 Å². The Balaban J connectivity index is 0.000000134. The zero-order valence-corrected chi connectivity index (χ0v) is 67.0. The van der Waals surface area contributed by atoms with Gasteiger partial charge in [-0.1, -0.05) is 158 Å². The van der Waals surface area contributed by atoms with Gasteiger partial charge in [0.15, 0.2) is 0 Å². The Hall–Kier alpha value is -17.1. The molecule has 616 valence electrons. The number of ether oxygens (including phenoxy) is 7. The Labute approximate surface area is 716 Å². The van der Waals surface area contributed by atoms with Crippen LogP contribution in [0, 0.1) is 0 Å². The third-order valence-electron chi connectivity index (χ3n) is 18.2. The summed E-state index contributed by atoms with van der Waals surface area (Å²) >= 11 is 0. The lowest BCUT2D eigenvalue weighted by atomic mass is 10.0. The van der Waals surface area contributed by atoms with Crippen molar-refractivity contribution in [3.63, 3.8) is 0 Å². The van der Waals surface area contributed by atoms with Crippen molar-refractivity contribution in [2.45, 2.75) is 19.6 Å². The van der Waals surface area contributed by atoms with Crippen LogP contribution in [-0.2, 0) is 24.4 Å². The molecule has 0 aliphatic heterocycles. The lowest BCUT2D eigenvalue weighted by molar-refractivity contribution is -0.117. The minimum atomic E-state index is -0.341. The minimum Gasteiger partial charge on any atom is -0.457 e. The Morgan fingerprint density at radius 3 is 0.855 bits per heavy atom. The van der Waals surface area contributed by atoms with Crippen LogP contribution in [0.5, 0.6) is 81.3 Å². The second-order valence-electron chi connectivity index (χ2n) is 27.6. The molecular formula is C100H87N15O9. The SMILES string of the molecule is NC(=O)Cc1cccc(-c2ccc(Oc3ccc(N)cn3)cc2)c1.NCc1cccc(-c2ccc(Oc3ccc(N)cn3)cc2)c1.Nc1ccc(Oc2cc(Oc3ccc(N)cn3)ccc2-c2ccccc2)cc1.Nc1ccc(Oc2ccc(-c3cccc(CO)c3)cc2)nc1.Nc1ccc(Oc2ccc(-c3ccccc3)c(Oc3ccc(N)cn3)c2)nc1. The molecule has 0 aliphatic carbocycles. The Morgan fingerprint density at radius 2 is 0.524 bits per heavy atom. The van der Waals surface area contributed by atoms with Gasteiger partial charge < -0.3 is 89.9 Å². The molecule has 124 heavy (non-hydrogen) atoms. The fourth-order valence-corrected chi connectivity index (χ4v) is 12.0. The number of nitrogens with two attached hydrogens (primary N) is 9. The van der Waals surface area contributed by atoms with Crippen molar-refractivity contribution in [2.24, 2.45) is 11.5 Å². The Morgan fingerprint density at radius 1 is 0.250 bits per heavy atom. The van der Waals surface area contributed by atoms with E-state index in [0.29, 0.717) is 122 Å². The number of amides is 1. The summed E-state index contributed by atoms with van der Waals surface area (Å²) in [6, 6.07) is 106. The fourth-order valence-electron chi connectivity index (χ4n) is 12.0. The highest BCUT2D eigenvalue weighted by Crippen LogP contribution is 2.40. The standard InChI is InChI=1S/C23H19N3O2.C22H18N4O2.C19H17N3O2.C18H17N3O.C18H16N2O2/c24-17-6-9-19(10-7-17)27-22-14-20(28-23-13-8-18(25)15-26-23)11-12-21(22)16-4-2-1-3-5-16;23-16-6-10-21(25-13-16)27-18-8-9-19(15-4-2-1-3-5-15)20(12-18)28-22-11-7-17(24)14-26-22;20-16-6-9-19(22-12-16)24-17-7-4-14(5-8-17)15-3-1-2-13(10-15)11-18(21)23;19-11-13-2-1-3-15(10-13)14-4-7-17(8-5-14)22-18-9-6-16(20)12-21-18;19-16-6-9-18(20-11-16)22-17-7-4-14(5-8-17)15-3-1-2-13(10-15)12-21/h1-15H,24-25H2;1-14H,23-24H2;1-10,12H,11,20H2,(H2,21,23);1-10,12H,11,19-20H2;1-11,21H,12,19H2. The number of carbonyl (C=O) groups excluding carboxylic acids is 1. The normalized spacial score (nSPS) is 10.4. The van der Waals surface area contributed by atoms with Crippen LogP contribution in [0.2, 0.25) is 0 Å². The van der Waals surface area contributed by atoms with E-state index in [-0.39, 0.29) is 18.9 Å². The van der Waals surface area contributed by atoms with Gasteiger partial charge in [0.1, 0.15) is 46.0 Å². The predicted molar refractivity (Wildman–Crippen MR) is 489 cm³/mol. The molecule has 19 N–H and O–H groups in total. The minimum absolute atomic E-state index is 0.0395. The van der Waals surface area contributed by atoms with Crippen LogP contribution < -0.4 is 84.8 Å².